The lowest BCUT2D eigenvalue weighted by molar-refractivity contribution is 0.587. The standard InChI is InChI=1S/C14H24N2O2S/c1-3-12-8-13(6-4-5-7-15)10-14(9-12)11-16-19(2,17)18/h8-10,16H,3-7,11,15H2,1-2H3. The number of hydrogen-bond donors (Lipinski definition) is 2. The summed E-state index contributed by atoms with van der Waals surface area (Å²) >= 11 is 0. The SMILES string of the molecule is CCc1cc(CCCCN)cc(CNS(C)(=O)=O)c1. The van der Waals surface area contributed by atoms with Gasteiger partial charge in [-0.15, -0.1) is 0 Å². The third kappa shape index (κ3) is 6.71. The molecule has 19 heavy (non-hydrogen) atoms. The monoisotopic (exact) mass is 284 g/mol. The van der Waals surface area contributed by atoms with Crippen LogP contribution in [0.1, 0.15) is 36.5 Å². The molecule has 0 amide bonds. The highest BCUT2D eigenvalue weighted by Gasteiger charge is 2.04. The first-order valence-corrected chi connectivity index (χ1v) is 8.60. The van der Waals surface area contributed by atoms with Gasteiger partial charge in [-0.05, 0) is 48.9 Å². The topological polar surface area (TPSA) is 72.2 Å². The molecule has 108 valence electrons. The number of aryl methyl sites for hydroxylation is 2. The molecule has 1 aromatic carbocycles. The van der Waals surface area contributed by atoms with Crippen molar-refractivity contribution in [3.63, 3.8) is 0 Å². The average molecular weight is 284 g/mol. The Labute approximate surface area is 116 Å². The van der Waals surface area contributed by atoms with Crippen molar-refractivity contribution in [1.29, 1.82) is 0 Å². The van der Waals surface area contributed by atoms with E-state index >= 15 is 0 Å². The maximum Gasteiger partial charge on any atom is 0.209 e. The molecule has 0 fully saturated rings. The number of sulfonamides is 1. The zero-order valence-corrected chi connectivity index (χ0v) is 12.6. The zero-order valence-electron chi connectivity index (χ0n) is 11.8. The maximum atomic E-state index is 11.1. The van der Waals surface area contributed by atoms with Crippen molar-refractivity contribution in [2.45, 2.75) is 39.2 Å². The molecule has 3 N–H and O–H groups in total. The number of unbranched alkanes of at least 4 members (excludes halogenated alkanes) is 1. The van der Waals surface area contributed by atoms with Gasteiger partial charge in [0.2, 0.25) is 10.0 Å². The number of nitrogens with one attached hydrogen (secondary N) is 1. The fourth-order valence-corrected chi connectivity index (χ4v) is 2.41. The molecule has 5 heteroatoms. The van der Waals surface area contributed by atoms with Crippen LogP contribution in [0.5, 0.6) is 0 Å². The summed E-state index contributed by atoms with van der Waals surface area (Å²) < 4.78 is 24.8. The predicted molar refractivity (Wildman–Crippen MR) is 79.5 cm³/mol. The molecule has 1 aromatic rings. The zero-order chi connectivity index (χ0) is 14.3. The molecule has 0 atom stereocenters. The Bertz CT molecular complexity index is 498. The predicted octanol–water partition coefficient (Wildman–Crippen LogP) is 1.58. The van der Waals surface area contributed by atoms with Crippen molar-refractivity contribution in [3.8, 4) is 0 Å². The van der Waals surface area contributed by atoms with E-state index in [0.29, 0.717) is 6.54 Å². The van der Waals surface area contributed by atoms with Crippen molar-refractivity contribution in [3.05, 3.63) is 34.9 Å². The summed E-state index contributed by atoms with van der Waals surface area (Å²) in [6.45, 7) is 3.18. The van der Waals surface area contributed by atoms with E-state index in [-0.39, 0.29) is 0 Å². The van der Waals surface area contributed by atoms with Crippen LogP contribution in [-0.4, -0.2) is 21.2 Å². The van der Waals surface area contributed by atoms with Gasteiger partial charge >= 0.3 is 0 Å². The third-order valence-electron chi connectivity index (χ3n) is 2.98. The van der Waals surface area contributed by atoms with Crippen LogP contribution in [0.15, 0.2) is 18.2 Å². The summed E-state index contributed by atoms with van der Waals surface area (Å²) in [6, 6.07) is 6.33. The van der Waals surface area contributed by atoms with Crippen molar-refractivity contribution in [2.24, 2.45) is 5.73 Å². The summed E-state index contributed by atoms with van der Waals surface area (Å²) in [6.07, 6.45) is 5.22. The van der Waals surface area contributed by atoms with E-state index < -0.39 is 10.0 Å². The Morgan fingerprint density at radius 2 is 1.74 bits per heavy atom. The molecule has 1 rings (SSSR count). The molecule has 0 saturated heterocycles. The van der Waals surface area contributed by atoms with Gasteiger partial charge in [0, 0.05) is 6.54 Å². The summed E-state index contributed by atoms with van der Waals surface area (Å²) in [4.78, 5) is 0. The molecule has 0 heterocycles. The van der Waals surface area contributed by atoms with Gasteiger partial charge in [-0.2, -0.15) is 0 Å². The second kappa shape index (κ2) is 7.62. The Hall–Kier alpha value is -0.910. The van der Waals surface area contributed by atoms with Crippen LogP contribution in [0.25, 0.3) is 0 Å². The second-order valence-electron chi connectivity index (χ2n) is 4.85. The van der Waals surface area contributed by atoms with E-state index in [1.807, 2.05) is 0 Å². The van der Waals surface area contributed by atoms with Gasteiger partial charge in [-0.1, -0.05) is 25.1 Å². The molecule has 0 spiro atoms. The molecule has 0 aromatic heterocycles. The van der Waals surface area contributed by atoms with Crippen LogP contribution in [-0.2, 0) is 29.4 Å². The van der Waals surface area contributed by atoms with E-state index in [9.17, 15) is 8.42 Å². The smallest absolute Gasteiger partial charge is 0.209 e. The first-order valence-electron chi connectivity index (χ1n) is 6.71. The lowest BCUT2D eigenvalue weighted by Gasteiger charge is -2.09. The van der Waals surface area contributed by atoms with E-state index in [1.54, 1.807) is 0 Å². The van der Waals surface area contributed by atoms with Gasteiger partial charge in [0.15, 0.2) is 0 Å². The number of hydrogen-bond acceptors (Lipinski definition) is 3. The second-order valence-corrected chi connectivity index (χ2v) is 6.68. The van der Waals surface area contributed by atoms with Gasteiger partial charge < -0.3 is 5.73 Å². The first-order chi connectivity index (χ1) is 8.94. The third-order valence-corrected chi connectivity index (χ3v) is 3.65. The molecule has 0 aliphatic rings. The highest BCUT2D eigenvalue weighted by atomic mass is 32.2. The Morgan fingerprint density at radius 1 is 1.11 bits per heavy atom. The van der Waals surface area contributed by atoms with Gasteiger partial charge in [0.1, 0.15) is 0 Å². The van der Waals surface area contributed by atoms with Crippen LogP contribution in [0, 0.1) is 0 Å². The summed E-state index contributed by atoms with van der Waals surface area (Å²) in [5, 5.41) is 0. The number of rotatable bonds is 8. The molecular formula is C14H24N2O2S. The summed E-state index contributed by atoms with van der Waals surface area (Å²) in [5.41, 5.74) is 9.03. The van der Waals surface area contributed by atoms with E-state index in [2.05, 4.69) is 29.8 Å². The summed E-state index contributed by atoms with van der Waals surface area (Å²) in [7, 11) is -3.14. The van der Waals surface area contributed by atoms with Crippen molar-refractivity contribution in [2.75, 3.05) is 12.8 Å². The Balaban J connectivity index is 2.76. The molecule has 0 radical (unpaired) electrons. The van der Waals surface area contributed by atoms with Gasteiger partial charge in [-0.3, -0.25) is 0 Å². The maximum absolute atomic E-state index is 11.1. The molecule has 0 unspecified atom stereocenters. The van der Waals surface area contributed by atoms with Crippen molar-refractivity contribution >= 4 is 10.0 Å². The van der Waals surface area contributed by atoms with E-state index in [4.69, 9.17) is 5.73 Å². The van der Waals surface area contributed by atoms with Gasteiger partial charge in [-0.25, -0.2) is 13.1 Å². The minimum Gasteiger partial charge on any atom is -0.330 e. The van der Waals surface area contributed by atoms with Crippen molar-refractivity contribution in [1.82, 2.24) is 4.72 Å². The van der Waals surface area contributed by atoms with Crippen molar-refractivity contribution < 1.29 is 8.42 Å². The van der Waals surface area contributed by atoms with E-state index in [1.165, 1.54) is 17.4 Å². The highest BCUT2D eigenvalue weighted by molar-refractivity contribution is 7.88. The molecular weight excluding hydrogens is 260 g/mol. The fourth-order valence-electron chi connectivity index (χ4n) is 1.98. The Kier molecular flexibility index (Phi) is 6.48. The van der Waals surface area contributed by atoms with Crippen LogP contribution in [0.3, 0.4) is 0 Å². The van der Waals surface area contributed by atoms with Gasteiger partial charge in [0.25, 0.3) is 0 Å². The highest BCUT2D eigenvalue weighted by Crippen LogP contribution is 2.14. The molecule has 0 aliphatic carbocycles. The molecule has 0 saturated carbocycles. The lowest BCUT2D eigenvalue weighted by atomic mass is 10.0. The minimum absolute atomic E-state index is 0.358. The molecule has 0 bridgehead atoms. The number of nitrogens with two attached hydrogens (primary N) is 1. The normalized spacial score (nSPS) is 11.7. The number of benzene rings is 1. The average Bonchev–Trinajstić information content (AvgIpc) is 2.36. The molecule has 0 aliphatic heterocycles. The minimum atomic E-state index is -3.14. The largest absolute Gasteiger partial charge is 0.330 e. The van der Waals surface area contributed by atoms with E-state index in [0.717, 1.165) is 37.8 Å². The quantitative estimate of drug-likeness (QED) is 0.712. The first kappa shape index (κ1) is 16.1. The van der Waals surface area contributed by atoms with Crippen LogP contribution in [0.2, 0.25) is 0 Å². The van der Waals surface area contributed by atoms with Crippen LogP contribution in [0.4, 0.5) is 0 Å². The lowest BCUT2D eigenvalue weighted by Crippen LogP contribution is -2.21. The van der Waals surface area contributed by atoms with Gasteiger partial charge in [0.05, 0.1) is 6.26 Å². The fraction of sp³-hybridized carbons (Fsp3) is 0.571. The molecule has 4 nitrogen and oxygen atoms in total. The van der Waals surface area contributed by atoms with Crippen LogP contribution < -0.4 is 10.5 Å². The van der Waals surface area contributed by atoms with Crippen LogP contribution >= 0.6 is 0 Å². The summed E-state index contributed by atoms with van der Waals surface area (Å²) in [5.74, 6) is 0. The Morgan fingerprint density at radius 3 is 2.32 bits per heavy atom.